The first-order chi connectivity index (χ1) is 7.96. The molecule has 0 aliphatic carbocycles. The maximum absolute atomic E-state index is 11.3. The fraction of sp³-hybridized carbons (Fsp3) is 0.417. The summed E-state index contributed by atoms with van der Waals surface area (Å²) in [5.74, 6) is -0.337. The Labute approximate surface area is 100 Å². The van der Waals surface area contributed by atoms with Crippen molar-refractivity contribution in [2.45, 2.75) is 12.8 Å². The van der Waals surface area contributed by atoms with E-state index >= 15 is 0 Å². The Kier molecular flexibility index (Phi) is 3.19. The number of hydrogen-bond acceptors (Lipinski definition) is 3. The molecule has 5 heteroatoms. The fourth-order valence-corrected chi connectivity index (χ4v) is 4.06. The molecule has 1 N–H and O–H groups in total. The van der Waals surface area contributed by atoms with Crippen molar-refractivity contribution in [1.29, 1.82) is 0 Å². The SMILES string of the molecule is O=C(O)c1cccc(CC2CCS(=O)(=O)C2)c1. The molecule has 2 rings (SSSR count). The van der Waals surface area contributed by atoms with E-state index in [9.17, 15) is 13.2 Å². The van der Waals surface area contributed by atoms with Crippen LogP contribution in [0.15, 0.2) is 24.3 Å². The van der Waals surface area contributed by atoms with Crippen LogP contribution in [0.1, 0.15) is 22.3 Å². The molecule has 92 valence electrons. The second-order valence-corrected chi connectivity index (χ2v) is 6.71. The van der Waals surface area contributed by atoms with Crippen LogP contribution in [0.5, 0.6) is 0 Å². The minimum Gasteiger partial charge on any atom is -0.478 e. The van der Waals surface area contributed by atoms with Gasteiger partial charge in [-0.3, -0.25) is 0 Å². The third-order valence-electron chi connectivity index (χ3n) is 3.03. The van der Waals surface area contributed by atoms with E-state index < -0.39 is 15.8 Å². The van der Waals surface area contributed by atoms with Crippen molar-refractivity contribution in [3.05, 3.63) is 35.4 Å². The monoisotopic (exact) mass is 254 g/mol. The van der Waals surface area contributed by atoms with E-state index in [-0.39, 0.29) is 23.0 Å². The van der Waals surface area contributed by atoms with Crippen LogP contribution >= 0.6 is 0 Å². The van der Waals surface area contributed by atoms with Gasteiger partial charge in [0.2, 0.25) is 0 Å². The molecular formula is C12H14O4S. The van der Waals surface area contributed by atoms with Crippen LogP contribution in [-0.4, -0.2) is 31.0 Å². The van der Waals surface area contributed by atoms with Crippen molar-refractivity contribution in [2.75, 3.05) is 11.5 Å². The van der Waals surface area contributed by atoms with Crippen molar-refractivity contribution in [1.82, 2.24) is 0 Å². The highest BCUT2D eigenvalue weighted by molar-refractivity contribution is 7.91. The molecular weight excluding hydrogens is 240 g/mol. The minimum absolute atomic E-state index is 0.129. The fourth-order valence-electron chi connectivity index (χ4n) is 2.20. The molecule has 0 radical (unpaired) electrons. The Morgan fingerprint density at radius 1 is 1.41 bits per heavy atom. The summed E-state index contributed by atoms with van der Waals surface area (Å²) in [6.45, 7) is 0. The van der Waals surface area contributed by atoms with Crippen LogP contribution in [0.2, 0.25) is 0 Å². The molecule has 0 bridgehead atoms. The molecule has 1 aliphatic rings. The van der Waals surface area contributed by atoms with Gasteiger partial charge in [0.25, 0.3) is 0 Å². The number of benzene rings is 1. The van der Waals surface area contributed by atoms with E-state index in [0.29, 0.717) is 12.8 Å². The molecule has 17 heavy (non-hydrogen) atoms. The van der Waals surface area contributed by atoms with E-state index in [2.05, 4.69) is 0 Å². The van der Waals surface area contributed by atoms with Gasteiger partial charge in [0.05, 0.1) is 17.1 Å². The highest BCUT2D eigenvalue weighted by Gasteiger charge is 2.27. The van der Waals surface area contributed by atoms with E-state index in [0.717, 1.165) is 5.56 Å². The summed E-state index contributed by atoms with van der Waals surface area (Å²) in [5, 5.41) is 8.86. The number of carbonyl (C=O) groups is 1. The first-order valence-corrected chi connectivity index (χ1v) is 7.31. The molecule has 1 saturated heterocycles. The van der Waals surface area contributed by atoms with Gasteiger partial charge >= 0.3 is 5.97 Å². The molecule has 1 heterocycles. The number of hydrogen-bond donors (Lipinski definition) is 1. The summed E-state index contributed by atoms with van der Waals surface area (Å²) in [6, 6.07) is 6.70. The van der Waals surface area contributed by atoms with Gasteiger partial charge in [-0.1, -0.05) is 12.1 Å². The molecule has 1 fully saturated rings. The molecule has 1 unspecified atom stereocenters. The van der Waals surface area contributed by atoms with Gasteiger partial charge < -0.3 is 5.11 Å². The Morgan fingerprint density at radius 2 is 2.18 bits per heavy atom. The molecule has 1 aromatic carbocycles. The predicted molar refractivity (Wildman–Crippen MR) is 63.9 cm³/mol. The maximum atomic E-state index is 11.3. The summed E-state index contributed by atoms with van der Waals surface area (Å²) in [6.07, 6.45) is 1.32. The molecule has 0 amide bonds. The van der Waals surface area contributed by atoms with Gasteiger partial charge in [0.15, 0.2) is 9.84 Å². The third kappa shape index (κ3) is 3.06. The van der Waals surface area contributed by atoms with Crippen LogP contribution in [0.25, 0.3) is 0 Å². The largest absolute Gasteiger partial charge is 0.478 e. The minimum atomic E-state index is -2.86. The highest BCUT2D eigenvalue weighted by atomic mass is 32.2. The second kappa shape index (κ2) is 4.49. The van der Waals surface area contributed by atoms with E-state index in [1.807, 2.05) is 6.07 Å². The van der Waals surface area contributed by atoms with Crippen LogP contribution in [0.3, 0.4) is 0 Å². The summed E-state index contributed by atoms with van der Waals surface area (Å²) in [7, 11) is -2.86. The van der Waals surface area contributed by atoms with Crippen molar-refractivity contribution in [3.8, 4) is 0 Å². The van der Waals surface area contributed by atoms with E-state index in [1.165, 1.54) is 6.07 Å². The first-order valence-electron chi connectivity index (χ1n) is 5.49. The van der Waals surface area contributed by atoms with Gasteiger partial charge in [0, 0.05) is 0 Å². The zero-order valence-corrected chi connectivity index (χ0v) is 10.1. The summed E-state index contributed by atoms with van der Waals surface area (Å²) >= 11 is 0. The number of sulfone groups is 1. The molecule has 0 spiro atoms. The molecule has 0 aromatic heterocycles. The van der Waals surface area contributed by atoms with E-state index in [1.54, 1.807) is 12.1 Å². The smallest absolute Gasteiger partial charge is 0.335 e. The van der Waals surface area contributed by atoms with Gasteiger partial charge in [0.1, 0.15) is 0 Å². The number of carboxylic acid groups (broad SMARTS) is 1. The second-order valence-electron chi connectivity index (χ2n) is 4.48. The topological polar surface area (TPSA) is 71.4 Å². The third-order valence-corrected chi connectivity index (χ3v) is 4.86. The Hall–Kier alpha value is -1.36. The Bertz CT molecular complexity index is 533. The average molecular weight is 254 g/mol. The van der Waals surface area contributed by atoms with Gasteiger partial charge in [-0.15, -0.1) is 0 Å². The lowest BCUT2D eigenvalue weighted by Crippen LogP contribution is -2.08. The zero-order chi connectivity index (χ0) is 12.5. The van der Waals surface area contributed by atoms with Crippen LogP contribution in [-0.2, 0) is 16.3 Å². The van der Waals surface area contributed by atoms with Crippen molar-refractivity contribution >= 4 is 15.8 Å². The quantitative estimate of drug-likeness (QED) is 0.884. The maximum Gasteiger partial charge on any atom is 0.335 e. The number of rotatable bonds is 3. The molecule has 1 aromatic rings. The van der Waals surface area contributed by atoms with Crippen molar-refractivity contribution in [3.63, 3.8) is 0 Å². The number of aromatic carboxylic acids is 1. The first kappa shape index (κ1) is 12.1. The summed E-state index contributed by atoms with van der Waals surface area (Å²) < 4.78 is 22.6. The molecule has 1 atom stereocenters. The Morgan fingerprint density at radius 3 is 2.76 bits per heavy atom. The molecule has 4 nitrogen and oxygen atoms in total. The lowest BCUT2D eigenvalue weighted by Gasteiger charge is -2.07. The lowest BCUT2D eigenvalue weighted by molar-refractivity contribution is 0.0696. The summed E-state index contributed by atoms with van der Waals surface area (Å²) in [4.78, 5) is 10.8. The standard InChI is InChI=1S/C12H14O4S/c13-12(14)11-3-1-2-9(7-11)6-10-4-5-17(15,16)8-10/h1-3,7,10H,4-6,8H2,(H,13,14). The van der Waals surface area contributed by atoms with Crippen LogP contribution < -0.4 is 0 Å². The number of carboxylic acids is 1. The highest BCUT2D eigenvalue weighted by Crippen LogP contribution is 2.22. The van der Waals surface area contributed by atoms with Gasteiger partial charge in [-0.25, -0.2) is 13.2 Å². The predicted octanol–water partition coefficient (Wildman–Crippen LogP) is 1.36. The summed E-state index contributed by atoms with van der Waals surface area (Å²) in [5.41, 5.74) is 1.15. The van der Waals surface area contributed by atoms with Crippen LogP contribution in [0, 0.1) is 5.92 Å². The normalized spacial score (nSPS) is 22.5. The van der Waals surface area contributed by atoms with Crippen molar-refractivity contribution in [2.24, 2.45) is 5.92 Å². The van der Waals surface area contributed by atoms with Gasteiger partial charge in [-0.05, 0) is 36.5 Å². The Balaban J connectivity index is 2.09. The zero-order valence-electron chi connectivity index (χ0n) is 9.30. The average Bonchev–Trinajstić information content (AvgIpc) is 2.58. The van der Waals surface area contributed by atoms with E-state index in [4.69, 9.17) is 5.11 Å². The van der Waals surface area contributed by atoms with Crippen molar-refractivity contribution < 1.29 is 18.3 Å². The molecule has 0 saturated carbocycles. The lowest BCUT2D eigenvalue weighted by atomic mass is 9.98. The molecule has 1 aliphatic heterocycles. The van der Waals surface area contributed by atoms with Gasteiger partial charge in [-0.2, -0.15) is 0 Å². The van der Waals surface area contributed by atoms with Crippen LogP contribution in [0.4, 0.5) is 0 Å².